The van der Waals surface area contributed by atoms with Crippen LogP contribution in [0, 0.1) is 0 Å². The molecule has 0 unspecified atom stereocenters. The summed E-state index contributed by atoms with van der Waals surface area (Å²) in [6.45, 7) is 5.13. The molecule has 1 N–H and O–H groups in total. The third-order valence-corrected chi connectivity index (χ3v) is 5.42. The molecule has 0 aliphatic carbocycles. The van der Waals surface area contributed by atoms with Crippen molar-refractivity contribution < 1.29 is 14.1 Å². The fraction of sp³-hybridized carbons (Fsp3) is 0.455. The lowest BCUT2D eigenvalue weighted by Crippen LogP contribution is -2.39. The molecule has 3 aromatic rings. The van der Waals surface area contributed by atoms with Crippen LogP contribution in [0.5, 0.6) is 0 Å². The first-order chi connectivity index (χ1) is 15.2. The van der Waals surface area contributed by atoms with Crippen LogP contribution in [0.1, 0.15) is 29.6 Å². The van der Waals surface area contributed by atoms with Crippen LogP contribution in [0.4, 0.5) is 4.79 Å². The maximum Gasteiger partial charge on any atom is 0.317 e. The molecule has 1 aliphatic heterocycles. The summed E-state index contributed by atoms with van der Waals surface area (Å²) in [7, 11) is 1.76. The molecule has 4 rings (SSSR count). The van der Waals surface area contributed by atoms with Crippen LogP contribution in [0.3, 0.4) is 0 Å². The Morgan fingerprint density at radius 3 is 2.90 bits per heavy atom. The summed E-state index contributed by atoms with van der Waals surface area (Å²) in [6.07, 6.45) is 2.13. The molecule has 31 heavy (non-hydrogen) atoms. The van der Waals surface area contributed by atoms with Crippen LogP contribution in [0.15, 0.2) is 34.9 Å². The van der Waals surface area contributed by atoms with Gasteiger partial charge in [0.1, 0.15) is 0 Å². The fourth-order valence-corrected chi connectivity index (χ4v) is 3.66. The van der Waals surface area contributed by atoms with Gasteiger partial charge in [0.05, 0.1) is 13.2 Å². The number of aryl methyl sites for hydroxylation is 1. The van der Waals surface area contributed by atoms with Crippen molar-refractivity contribution in [2.75, 3.05) is 26.7 Å². The molecule has 1 aliphatic rings. The molecule has 2 aromatic heterocycles. The highest BCUT2D eigenvalue weighted by atomic mass is 16.5. The lowest BCUT2D eigenvalue weighted by molar-refractivity contribution is 0.109. The quantitative estimate of drug-likeness (QED) is 0.596. The van der Waals surface area contributed by atoms with Crippen molar-refractivity contribution in [3.8, 4) is 11.6 Å². The minimum atomic E-state index is -0.118. The van der Waals surface area contributed by atoms with Crippen molar-refractivity contribution in [3.63, 3.8) is 0 Å². The maximum absolute atomic E-state index is 12.3. The van der Waals surface area contributed by atoms with Crippen LogP contribution in [-0.2, 0) is 37.2 Å². The molecule has 0 radical (unpaired) electrons. The molecule has 9 heteroatoms. The largest absolute Gasteiger partial charge is 0.376 e. The Bertz CT molecular complexity index is 1010. The molecule has 0 spiro atoms. The van der Waals surface area contributed by atoms with E-state index in [0.29, 0.717) is 50.1 Å². The summed E-state index contributed by atoms with van der Waals surface area (Å²) < 4.78 is 13.0. The molecule has 3 heterocycles. The van der Waals surface area contributed by atoms with E-state index in [9.17, 15) is 4.79 Å². The van der Waals surface area contributed by atoms with Gasteiger partial charge in [-0.3, -0.25) is 4.68 Å². The van der Waals surface area contributed by atoms with Crippen LogP contribution < -0.4 is 5.32 Å². The summed E-state index contributed by atoms with van der Waals surface area (Å²) in [5, 5.41) is 11.7. The van der Waals surface area contributed by atoms with Crippen molar-refractivity contribution in [2.45, 2.75) is 39.3 Å². The smallest absolute Gasteiger partial charge is 0.317 e. The Kier molecular flexibility index (Phi) is 6.61. The fourth-order valence-electron chi connectivity index (χ4n) is 3.66. The van der Waals surface area contributed by atoms with E-state index in [-0.39, 0.29) is 6.03 Å². The zero-order chi connectivity index (χ0) is 21.6. The van der Waals surface area contributed by atoms with E-state index in [2.05, 4.69) is 39.6 Å². The number of nitrogens with one attached hydrogen (secondary N) is 1. The van der Waals surface area contributed by atoms with Crippen molar-refractivity contribution >= 4 is 6.03 Å². The van der Waals surface area contributed by atoms with Gasteiger partial charge in [0.15, 0.2) is 11.5 Å². The van der Waals surface area contributed by atoms with Gasteiger partial charge in [0.2, 0.25) is 0 Å². The predicted molar refractivity (Wildman–Crippen MR) is 114 cm³/mol. The molecular weight excluding hydrogens is 396 g/mol. The number of amides is 2. The molecule has 9 nitrogen and oxygen atoms in total. The standard InChI is InChI=1S/C22H28N6O3/c1-3-28-18-11-14-30-15-17(18)20(25-28)21-24-19(26-31-21)10-13-27(2)22(29)23-12-9-16-7-5-4-6-8-16/h4-8H,3,9-15H2,1-2H3,(H,23,29). The number of hydrogen-bond acceptors (Lipinski definition) is 6. The zero-order valence-corrected chi connectivity index (χ0v) is 18.0. The van der Waals surface area contributed by atoms with Crippen LogP contribution in [0.2, 0.25) is 0 Å². The minimum Gasteiger partial charge on any atom is -0.376 e. The molecule has 1 aromatic carbocycles. The third kappa shape index (κ3) is 4.93. The van der Waals surface area contributed by atoms with Gasteiger partial charge >= 0.3 is 6.03 Å². The van der Waals surface area contributed by atoms with Crippen molar-refractivity contribution in [1.29, 1.82) is 0 Å². The number of carbonyl (C=O) groups excluding carboxylic acids is 1. The topological polar surface area (TPSA) is 98.3 Å². The summed E-state index contributed by atoms with van der Waals surface area (Å²) in [4.78, 5) is 18.4. The number of rotatable bonds is 8. The average molecular weight is 425 g/mol. The van der Waals surface area contributed by atoms with E-state index in [1.165, 1.54) is 11.3 Å². The number of aromatic nitrogens is 4. The number of benzene rings is 1. The average Bonchev–Trinajstić information content (AvgIpc) is 3.42. The number of urea groups is 1. The monoisotopic (exact) mass is 424 g/mol. The summed E-state index contributed by atoms with van der Waals surface area (Å²) in [5.41, 5.74) is 4.10. The van der Waals surface area contributed by atoms with Crippen LogP contribution in [-0.4, -0.2) is 57.6 Å². The molecule has 0 atom stereocenters. The lowest BCUT2D eigenvalue weighted by atomic mass is 10.1. The van der Waals surface area contributed by atoms with Crippen LogP contribution in [0.25, 0.3) is 11.6 Å². The highest BCUT2D eigenvalue weighted by molar-refractivity contribution is 5.73. The molecule has 0 fully saturated rings. The molecular formula is C22H28N6O3. The Hall–Kier alpha value is -3.20. The van der Waals surface area contributed by atoms with E-state index in [4.69, 9.17) is 9.26 Å². The Labute approximate surface area is 181 Å². The Balaban J connectivity index is 1.30. The van der Waals surface area contributed by atoms with Gasteiger partial charge in [0.25, 0.3) is 5.89 Å². The van der Waals surface area contributed by atoms with E-state index in [1.54, 1.807) is 11.9 Å². The van der Waals surface area contributed by atoms with E-state index in [1.807, 2.05) is 22.9 Å². The molecule has 0 saturated heterocycles. The van der Waals surface area contributed by atoms with E-state index < -0.39 is 0 Å². The number of nitrogens with zero attached hydrogens (tertiary/aromatic N) is 5. The normalized spacial score (nSPS) is 13.1. The van der Waals surface area contributed by atoms with Gasteiger partial charge in [-0.05, 0) is 18.9 Å². The van der Waals surface area contributed by atoms with Gasteiger partial charge < -0.3 is 19.5 Å². The highest BCUT2D eigenvalue weighted by Crippen LogP contribution is 2.28. The number of ether oxygens (including phenoxy) is 1. The number of likely N-dealkylation sites (N-methyl/N-ethyl adjacent to an activating group) is 1. The van der Waals surface area contributed by atoms with Crippen LogP contribution >= 0.6 is 0 Å². The number of hydrogen-bond donors (Lipinski definition) is 1. The summed E-state index contributed by atoms with van der Waals surface area (Å²) in [6, 6.07) is 9.97. The highest BCUT2D eigenvalue weighted by Gasteiger charge is 2.25. The van der Waals surface area contributed by atoms with E-state index >= 15 is 0 Å². The molecule has 0 saturated carbocycles. The third-order valence-electron chi connectivity index (χ3n) is 5.42. The van der Waals surface area contributed by atoms with Gasteiger partial charge in [-0.25, -0.2) is 4.79 Å². The van der Waals surface area contributed by atoms with Gasteiger partial charge in [-0.2, -0.15) is 10.1 Å². The van der Waals surface area contributed by atoms with Gasteiger partial charge in [-0.1, -0.05) is 35.5 Å². The Morgan fingerprint density at radius 1 is 1.26 bits per heavy atom. The Morgan fingerprint density at radius 2 is 2.10 bits per heavy atom. The predicted octanol–water partition coefficient (Wildman–Crippen LogP) is 2.45. The first kappa shape index (κ1) is 21.0. The molecule has 2 amide bonds. The zero-order valence-electron chi connectivity index (χ0n) is 18.0. The number of carbonyl (C=O) groups is 1. The van der Waals surface area contributed by atoms with Crippen molar-refractivity contribution in [3.05, 3.63) is 53.0 Å². The van der Waals surface area contributed by atoms with E-state index in [0.717, 1.165) is 24.9 Å². The number of fused-ring (bicyclic) bond motifs is 1. The molecule has 164 valence electrons. The minimum absolute atomic E-state index is 0.118. The molecule has 0 bridgehead atoms. The first-order valence-corrected chi connectivity index (χ1v) is 10.7. The second-order valence-corrected chi connectivity index (χ2v) is 7.55. The van der Waals surface area contributed by atoms with Gasteiger partial charge in [0, 0.05) is 50.8 Å². The van der Waals surface area contributed by atoms with Gasteiger partial charge in [-0.15, -0.1) is 0 Å². The summed E-state index contributed by atoms with van der Waals surface area (Å²) in [5.74, 6) is 0.953. The summed E-state index contributed by atoms with van der Waals surface area (Å²) >= 11 is 0. The maximum atomic E-state index is 12.3. The second-order valence-electron chi connectivity index (χ2n) is 7.55. The van der Waals surface area contributed by atoms with Crippen molar-refractivity contribution in [1.82, 2.24) is 30.1 Å². The second kappa shape index (κ2) is 9.74. The lowest BCUT2D eigenvalue weighted by Gasteiger charge is -2.17. The SMILES string of the molecule is CCn1nc(-c2nc(CCN(C)C(=O)NCCc3ccccc3)no2)c2c1CCOC2. The first-order valence-electron chi connectivity index (χ1n) is 10.7. The van der Waals surface area contributed by atoms with Crippen molar-refractivity contribution in [2.24, 2.45) is 0 Å².